The third kappa shape index (κ3) is 2.60. The smallest absolute Gasteiger partial charge is 0.103 e. The first kappa shape index (κ1) is 6.93. The molecule has 2 atom stereocenters. The minimum Gasteiger partial charge on any atom is -0.247 e. The molecule has 0 nitrogen and oxygen atoms in total. The number of hydrogen-bond acceptors (Lipinski definition) is 0. The monoisotopic (exact) mass is 104 g/mol. The van der Waals surface area contributed by atoms with E-state index in [2.05, 4.69) is 0 Å². The SMILES string of the molecule is CC.C[C@H]1C[C@@H]1F. The van der Waals surface area contributed by atoms with Crippen LogP contribution in [0.15, 0.2) is 0 Å². The van der Waals surface area contributed by atoms with Crippen molar-refractivity contribution in [2.24, 2.45) is 5.92 Å². The molecule has 0 spiro atoms. The highest BCUT2D eigenvalue weighted by molar-refractivity contribution is 4.81. The van der Waals surface area contributed by atoms with E-state index in [-0.39, 0.29) is 0 Å². The Labute approximate surface area is 44.7 Å². The lowest BCUT2D eigenvalue weighted by molar-refractivity contribution is 0.454. The van der Waals surface area contributed by atoms with Crippen LogP contribution in [0.1, 0.15) is 27.2 Å². The van der Waals surface area contributed by atoms with Crippen LogP contribution in [0.25, 0.3) is 0 Å². The molecule has 0 saturated heterocycles. The van der Waals surface area contributed by atoms with Crippen molar-refractivity contribution in [1.29, 1.82) is 0 Å². The molecule has 7 heavy (non-hydrogen) atoms. The molecule has 1 fully saturated rings. The quantitative estimate of drug-likeness (QED) is 0.442. The molecule has 0 heterocycles. The van der Waals surface area contributed by atoms with Crippen molar-refractivity contribution in [2.75, 3.05) is 0 Å². The molecule has 0 aliphatic heterocycles. The maximum atomic E-state index is 11.5. The summed E-state index contributed by atoms with van der Waals surface area (Å²) in [5.74, 6) is 0.384. The Morgan fingerprint density at radius 3 is 1.57 bits per heavy atom. The van der Waals surface area contributed by atoms with Crippen LogP contribution >= 0.6 is 0 Å². The van der Waals surface area contributed by atoms with Gasteiger partial charge >= 0.3 is 0 Å². The second-order valence-electron chi connectivity index (χ2n) is 1.73. The Balaban J connectivity index is 0.000000162. The van der Waals surface area contributed by atoms with E-state index in [1.165, 1.54) is 0 Å². The first-order chi connectivity index (χ1) is 3.30. The van der Waals surface area contributed by atoms with Gasteiger partial charge in [0.1, 0.15) is 6.17 Å². The molecule has 0 aromatic heterocycles. The lowest BCUT2D eigenvalue weighted by Crippen LogP contribution is -1.63. The summed E-state index contributed by atoms with van der Waals surface area (Å²) in [6, 6.07) is 0. The predicted molar refractivity (Wildman–Crippen MR) is 30.0 cm³/mol. The van der Waals surface area contributed by atoms with E-state index >= 15 is 0 Å². The van der Waals surface area contributed by atoms with Crippen LogP contribution in [0.3, 0.4) is 0 Å². The van der Waals surface area contributed by atoms with Crippen LogP contribution < -0.4 is 0 Å². The van der Waals surface area contributed by atoms with Crippen LogP contribution in [-0.2, 0) is 0 Å². The fourth-order valence-corrected chi connectivity index (χ4v) is 0.277. The minimum atomic E-state index is -0.449. The lowest BCUT2D eigenvalue weighted by Gasteiger charge is -1.63. The average molecular weight is 104 g/mol. The second kappa shape index (κ2) is 3.00. The van der Waals surface area contributed by atoms with E-state index in [1.807, 2.05) is 20.8 Å². The van der Waals surface area contributed by atoms with Gasteiger partial charge in [0.15, 0.2) is 0 Å². The molecule has 1 aliphatic rings. The third-order valence-corrected chi connectivity index (χ3v) is 1.01. The highest BCUT2D eigenvalue weighted by Gasteiger charge is 2.31. The van der Waals surface area contributed by atoms with Crippen LogP contribution in [0, 0.1) is 5.92 Å². The topological polar surface area (TPSA) is 0 Å². The summed E-state index contributed by atoms with van der Waals surface area (Å²) >= 11 is 0. The molecule has 1 heteroatoms. The van der Waals surface area contributed by atoms with Gasteiger partial charge in [-0.2, -0.15) is 0 Å². The van der Waals surface area contributed by atoms with Gasteiger partial charge in [0, 0.05) is 0 Å². The Hall–Kier alpha value is -0.0700. The Morgan fingerprint density at radius 1 is 1.43 bits per heavy atom. The summed E-state index contributed by atoms with van der Waals surface area (Å²) < 4.78 is 11.5. The van der Waals surface area contributed by atoms with Gasteiger partial charge < -0.3 is 0 Å². The van der Waals surface area contributed by atoms with Crippen LogP contribution in [0.4, 0.5) is 4.39 Å². The summed E-state index contributed by atoms with van der Waals surface area (Å²) in [6.07, 6.45) is 0.356. The highest BCUT2D eigenvalue weighted by Crippen LogP contribution is 2.32. The van der Waals surface area contributed by atoms with Crippen molar-refractivity contribution in [1.82, 2.24) is 0 Å². The predicted octanol–water partition coefficient (Wildman–Crippen LogP) is 2.39. The van der Waals surface area contributed by atoms with Crippen molar-refractivity contribution in [3.8, 4) is 0 Å². The van der Waals surface area contributed by atoms with Gasteiger partial charge in [-0.05, 0) is 12.3 Å². The summed E-state index contributed by atoms with van der Waals surface area (Å²) in [6.45, 7) is 5.92. The summed E-state index contributed by atoms with van der Waals surface area (Å²) in [5, 5.41) is 0. The van der Waals surface area contributed by atoms with Gasteiger partial charge in [0.05, 0.1) is 0 Å². The minimum absolute atomic E-state index is 0.384. The maximum absolute atomic E-state index is 11.5. The summed E-state index contributed by atoms with van der Waals surface area (Å²) in [4.78, 5) is 0. The van der Waals surface area contributed by atoms with Crippen molar-refractivity contribution >= 4 is 0 Å². The average Bonchev–Trinajstić information content (AvgIpc) is 2.27. The van der Waals surface area contributed by atoms with Crippen molar-refractivity contribution in [3.63, 3.8) is 0 Å². The molecular formula is C6H13F. The van der Waals surface area contributed by atoms with Crippen LogP contribution in [0.5, 0.6) is 0 Å². The van der Waals surface area contributed by atoms with E-state index in [9.17, 15) is 4.39 Å². The van der Waals surface area contributed by atoms with Crippen LogP contribution in [-0.4, -0.2) is 6.17 Å². The first-order valence-electron chi connectivity index (χ1n) is 2.95. The molecule has 0 aromatic rings. The Morgan fingerprint density at radius 2 is 1.57 bits per heavy atom. The van der Waals surface area contributed by atoms with Gasteiger partial charge in [-0.1, -0.05) is 20.8 Å². The van der Waals surface area contributed by atoms with Gasteiger partial charge in [-0.25, -0.2) is 4.39 Å². The Bertz CT molecular complexity index is 37.4. The molecule has 1 rings (SSSR count). The van der Waals surface area contributed by atoms with Gasteiger partial charge in [-0.15, -0.1) is 0 Å². The zero-order valence-electron chi connectivity index (χ0n) is 5.24. The van der Waals surface area contributed by atoms with E-state index in [4.69, 9.17) is 0 Å². The Kier molecular flexibility index (Phi) is 2.97. The zero-order chi connectivity index (χ0) is 5.86. The summed E-state index contributed by atoms with van der Waals surface area (Å²) in [5.41, 5.74) is 0. The van der Waals surface area contributed by atoms with Crippen molar-refractivity contribution in [3.05, 3.63) is 0 Å². The third-order valence-electron chi connectivity index (χ3n) is 1.01. The molecule has 0 aromatic carbocycles. The lowest BCUT2D eigenvalue weighted by atomic mass is 10.5. The number of halogens is 1. The molecule has 0 amide bonds. The largest absolute Gasteiger partial charge is 0.247 e. The molecule has 1 saturated carbocycles. The van der Waals surface area contributed by atoms with Crippen LogP contribution in [0.2, 0.25) is 0 Å². The second-order valence-corrected chi connectivity index (χ2v) is 1.73. The molecule has 0 radical (unpaired) electrons. The van der Waals surface area contributed by atoms with Gasteiger partial charge in [0.25, 0.3) is 0 Å². The molecular weight excluding hydrogens is 91.1 g/mol. The van der Waals surface area contributed by atoms with E-state index in [1.54, 1.807) is 0 Å². The molecule has 1 aliphatic carbocycles. The van der Waals surface area contributed by atoms with E-state index in [0.717, 1.165) is 6.42 Å². The van der Waals surface area contributed by atoms with Crippen molar-refractivity contribution < 1.29 is 4.39 Å². The standard InChI is InChI=1S/C4H7F.C2H6/c1-3-2-4(3)5;1-2/h3-4H,2H2,1H3;1-2H3/t3-,4-;/m0./s1. The zero-order valence-corrected chi connectivity index (χ0v) is 5.24. The normalized spacial score (nSPS) is 36.0. The van der Waals surface area contributed by atoms with E-state index < -0.39 is 6.17 Å². The number of hydrogen-bond donors (Lipinski definition) is 0. The fraction of sp³-hybridized carbons (Fsp3) is 1.00. The first-order valence-corrected chi connectivity index (χ1v) is 2.95. The number of rotatable bonds is 0. The summed E-state index contributed by atoms with van der Waals surface area (Å²) in [7, 11) is 0. The molecule has 0 bridgehead atoms. The molecule has 0 N–H and O–H groups in total. The highest BCUT2D eigenvalue weighted by atomic mass is 19.1. The van der Waals surface area contributed by atoms with Gasteiger partial charge in [-0.3, -0.25) is 0 Å². The van der Waals surface area contributed by atoms with Crippen molar-refractivity contribution in [2.45, 2.75) is 33.4 Å². The molecule has 44 valence electrons. The van der Waals surface area contributed by atoms with Gasteiger partial charge in [0.2, 0.25) is 0 Å². The maximum Gasteiger partial charge on any atom is 0.103 e. The fourth-order valence-electron chi connectivity index (χ4n) is 0.277. The molecule has 0 unspecified atom stereocenters. The van der Waals surface area contributed by atoms with E-state index in [0.29, 0.717) is 5.92 Å². The number of alkyl halides is 1.